The second-order valence-corrected chi connectivity index (χ2v) is 9.46. The Hall–Kier alpha value is -2.71. The van der Waals surface area contributed by atoms with Gasteiger partial charge in [0.2, 0.25) is 0 Å². The normalized spacial score (nSPS) is 29.6. The Bertz CT molecular complexity index is 886. The lowest BCUT2D eigenvalue weighted by atomic mass is 9.73. The molecule has 2 saturated heterocycles. The maximum atomic E-state index is 13.9. The molecule has 0 aliphatic carbocycles. The van der Waals surface area contributed by atoms with Gasteiger partial charge in [-0.3, -0.25) is 14.5 Å². The molecule has 3 heterocycles. The summed E-state index contributed by atoms with van der Waals surface area (Å²) < 4.78 is 10.2. The zero-order valence-electron chi connectivity index (χ0n) is 20.0. The predicted octanol–water partition coefficient (Wildman–Crippen LogP) is 2.25. The number of nitrogens with one attached hydrogen (secondary N) is 2. The maximum absolute atomic E-state index is 13.9. The van der Waals surface area contributed by atoms with Crippen LogP contribution in [0.1, 0.15) is 31.2 Å². The van der Waals surface area contributed by atoms with Gasteiger partial charge in [0.05, 0.1) is 26.2 Å². The van der Waals surface area contributed by atoms with Crippen molar-refractivity contribution < 1.29 is 23.9 Å². The molecule has 184 valence electrons. The summed E-state index contributed by atoms with van der Waals surface area (Å²) in [6.07, 6.45) is 4.63. The summed E-state index contributed by atoms with van der Waals surface area (Å²) in [5, 5.41) is 6.70. The van der Waals surface area contributed by atoms with Crippen molar-refractivity contribution in [2.45, 2.75) is 37.8 Å². The Balaban J connectivity index is 1.60. The van der Waals surface area contributed by atoms with Crippen molar-refractivity contribution in [1.29, 1.82) is 0 Å². The first-order valence-electron chi connectivity index (χ1n) is 12.2. The Morgan fingerprint density at radius 3 is 2.53 bits per heavy atom. The van der Waals surface area contributed by atoms with E-state index in [9.17, 15) is 14.4 Å². The van der Waals surface area contributed by atoms with E-state index in [1.807, 2.05) is 30.3 Å². The van der Waals surface area contributed by atoms with E-state index in [0.29, 0.717) is 31.8 Å². The molecule has 3 aliphatic heterocycles. The minimum absolute atomic E-state index is 0.0964. The summed E-state index contributed by atoms with van der Waals surface area (Å²) in [6, 6.07) is 8.55. The minimum atomic E-state index is -0.916. The molecule has 1 amide bonds. The van der Waals surface area contributed by atoms with Crippen LogP contribution in [0.3, 0.4) is 0 Å². The van der Waals surface area contributed by atoms with Crippen molar-refractivity contribution in [2.75, 3.05) is 40.4 Å². The highest BCUT2D eigenvalue weighted by Gasteiger charge is 2.50. The van der Waals surface area contributed by atoms with E-state index >= 15 is 0 Å². The number of ketones is 1. The molecule has 2 unspecified atom stereocenters. The van der Waals surface area contributed by atoms with E-state index in [2.05, 4.69) is 16.7 Å². The summed E-state index contributed by atoms with van der Waals surface area (Å²) in [4.78, 5) is 41.2. The summed E-state index contributed by atoms with van der Waals surface area (Å²) in [7, 11) is 2.66. The third-order valence-electron chi connectivity index (χ3n) is 7.54. The Labute approximate surface area is 201 Å². The van der Waals surface area contributed by atoms with Gasteiger partial charge in [-0.05, 0) is 61.7 Å². The lowest BCUT2D eigenvalue weighted by Gasteiger charge is -2.46. The standard InChI is InChI=1S/C26H35N3O5/c1-33-25(31)21-13-20(19-9-6-11-27-15-19)16-29(26(32)34-2)23(21)24(30)22-14-18(10-12-28-22)17-7-4-3-5-8-17/h3-5,7-8,10,19-23,27-28H,6,9,11-16H2,1-2H3/t19?,20-,21+,22?,23+/m1/s1. The minimum Gasteiger partial charge on any atom is -0.469 e. The number of hydrogen-bond donors (Lipinski definition) is 2. The van der Waals surface area contributed by atoms with Crippen LogP contribution in [0.5, 0.6) is 0 Å². The van der Waals surface area contributed by atoms with E-state index < -0.39 is 30.1 Å². The highest BCUT2D eigenvalue weighted by molar-refractivity contribution is 5.97. The molecule has 0 bridgehead atoms. The van der Waals surface area contributed by atoms with Gasteiger partial charge >= 0.3 is 12.1 Å². The maximum Gasteiger partial charge on any atom is 0.410 e. The van der Waals surface area contributed by atoms with Crippen molar-refractivity contribution in [1.82, 2.24) is 15.5 Å². The van der Waals surface area contributed by atoms with Crippen molar-refractivity contribution in [3.63, 3.8) is 0 Å². The van der Waals surface area contributed by atoms with Crippen molar-refractivity contribution in [3.8, 4) is 0 Å². The first-order chi connectivity index (χ1) is 16.5. The van der Waals surface area contributed by atoms with Gasteiger partial charge in [0.15, 0.2) is 5.78 Å². The van der Waals surface area contributed by atoms with Crippen LogP contribution in [0.2, 0.25) is 0 Å². The van der Waals surface area contributed by atoms with Gasteiger partial charge < -0.3 is 20.1 Å². The molecule has 8 heteroatoms. The molecule has 1 aromatic rings. The number of amides is 1. The second-order valence-electron chi connectivity index (χ2n) is 9.46. The molecule has 3 aliphatic rings. The molecule has 5 atom stereocenters. The molecule has 8 nitrogen and oxygen atoms in total. The molecule has 34 heavy (non-hydrogen) atoms. The molecular weight excluding hydrogens is 434 g/mol. The fourth-order valence-electron chi connectivity index (χ4n) is 5.76. The monoisotopic (exact) mass is 469 g/mol. The molecule has 2 N–H and O–H groups in total. The van der Waals surface area contributed by atoms with Crippen LogP contribution in [0.4, 0.5) is 4.79 Å². The number of Topliss-reactive ketones (excluding diaryl/α,β-unsaturated/α-hetero) is 1. The molecule has 0 saturated carbocycles. The molecule has 0 spiro atoms. The van der Waals surface area contributed by atoms with E-state index in [-0.39, 0.29) is 11.7 Å². The number of methoxy groups -OCH3 is 2. The van der Waals surface area contributed by atoms with Crippen LogP contribution in [0.25, 0.3) is 5.57 Å². The second kappa shape index (κ2) is 11.1. The number of carbonyl (C=O) groups is 3. The third kappa shape index (κ3) is 5.18. The van der Waals surface area contributed by atoms with Gasteiger partial charge in [0, 0.05) is 13.1 Å². The number of benzene rings is 1. The van der Waals surface area contributed by atoms with Gasteiger partial charge in [-0.2, -0.15) is 0 Å². The summed E-state index contributed by atoms with van der Waals surface area (Å²) in [5.74, 6) is -0.897. The number of nitrogens with zero attached hydrogens (tertiary/aromatic N) is 1. The van der Waals surface area contributed by atoms with Crippen molar-refractivity contribution >= 4 is 23.4 Å². The van der Waals surface area contributed by atoms with Gasteiger partial charge in [0.1, 0.15) is 6.04 Å². The molecule has 4 rings (SSSR count). The lowest BCUT2D eigenvalue weighted by Crippen LogP contribution is -2.62. The molecule has 1 aromatic carbocycles. The van der Waals surface area contributed by atoms with Crippen molar-refractivity contribution in [2.24, 2.45) is 17.8 Å². The zero-order valence-corrected chi connectivity index (χ0v) is 20.0. The highest BCUT2D eigenvalue weighted by atomic mass is 16.5. The Kier molecular flexibility index (Phi) is 8.00. The topological polar surface area (TPSA) is 97.0 Å². The highest BCUT2D eigenvalue weighted by Crippen LogP contribution is 2.37. The van der Waals surface area contributed by atoms with Crippen LogP contribution in [0.15, 0.2) is 36.4 Å². The van der Waals surface area contributed by atoms with E-state index in [1.54, 1.807) is 0 Å². The van der Waals surface area contributed by atoms with Crippen LogP contribution in [0, 0.1) is 17.8 Å². The smallest absolute Gasteiger partial charge is 0.410 e. The van der Waals surface area contributed by atoms with E-state index in [1.165, 1.54) is 19.1 Å². The predicted molar refractivity (Wildman–Crippen MR) is 128 cm³/mol. The van der Waals surface area contributed by atoms with E-state index in [0.717, 1.165) is 37.1 Å². The summed E-state index contributed by atoms with van der Waals surface area (Å²) in [5.41, 5.74) is 2.16. The van der Waals surface area contributed by atoms with Gasteiger partial charge in [-0.15, -0.1) is 0 Å². The zero-order chi connectivity index (χ0) is 24.1. The Morgan fingerprint density at radius 1 is 1.06 bits per heavy atom. The number of hydrogen-bond acceptors (Lipinski definition) is 7. The number of rotatable bonds is 5. The largest absolute Gasteiger partial charge is 0.469 e. The SMILES string of the molecule is COC(=O)[C@H]1C[C@@H](C2CCCNC2)CN(C(=O)OC)[C@@H]1C(=O)C1CC(c2ccccc2)=CCN1. The van der Waals surface area contributed by atoms with Crippen molar-refractivity contribution in [3.05, 3.63) is 42.0 Å². The van der Waals surface area contributed by atoms with Crippen LogP contribution < -0.4 is 10.6 Å². The number of likely N-dealkylation sites (tertiary alicyclic amines) is 1. The first-order valence-corrected chi connectivity index (χ1v) is 12.2. The van der Waals surface area contributed by atoms with Gasteiger partial charge in [-0.1, -0.05) is 36.4 Å². The quantitative estimate of drug-likeness (QED) is 0.639. The average molecular weight is 470 g/mol. The summed E-state index contributed by atoms with van der Waals surface area (Å²) in [6.45, 7) is 2.78. The third-order valence-corrected chi connectivity index (χ3v) is 7.54. The number of carbonyl (C=O) groups excluding carboxylic acids is 3. The van der Waals surface area contributed by atoms with E-state index in [4.69, 9.17) is 9.47 Å². The number of esters is 1. The summed E-state index contributed by atoms with van der Waals surface area (Å²) >= 11 is 0. The molecule has 2 fully saturated rings. The molecule has 0 radical (unpaired) electrons. The van der Waals surface area contributed by atoms with Crippen LogP contribution in [-0.2, 0) is 19.1 Å². The van der Waals surface area contributed by atoms with Crippen LogP contribution in [-0.4, -0.2) is 75.2 Å². The van der Waals surface area contributed by atoms with Gasteiger partial charge in [0.25, 0.3) is 0 Å². The number of ether oxygens (including phenoxy) is 2. The van der Waals surface area contributed by atoms with Gasteiger partial charge in [-0.25, -0.2) is 4.79 Å². The lowest BCUT2D eigenvalue weighted by molar-refractivity contribution is -0.155. The average Bonchev–Trinajstić information content (AvgIpc) is 2.92. The molecular formula is C26H35N3O5. The van der Waals surface area contributed by atoms with Crippen LogP contribution >= 0.6 is 0 Å². The fourth-order valence-corrected chi connectivity index (χ4v) is 5.76. The number of piperidine rings is 2. The Morgan fingerprint density at radius 2 is 1.85 bits per heavy atom. The molecule has 0 aromatic heterocycles. The first kappa shape index (κ1) is 24.4. The fraction of sp³-hybridized carbons (Fsp3) is 0.577.